The second kappa shape index (κ2) is 5.10. The molecule has 0 fully saturated rings. The largest absolute Gasteiger partial charge is 0.459 e. The quantitative estimate of drug-likeness (QED) is 0.771. The van der Waals surface area contributed by atoms with Gasteiger partial charge in [-0.05, 0) is 43.8 Å². The Kier molecular flexibility index (Phi) is 3.28. The molecule has 0 saturated carbocycles. The highest BCUT2D eigenvalue weighted by Crippen LogP contribution is 2.28. The zero-order chi connectivity index (χ0) is 14.1. The number of rotatable bonds is 3. The Labute approximate surface area is 117 Å². The Bertz CT molecular complexity index is 748. The molecule has 2 nitrogen and oxygen atoms in total. The van der Waals surface area contributed by atoms with Crippen LogP contribution >= 0.6 is 0 Å². The predicted molar refractivity (Wildman–Crippen MR) is 78.3 cm³/mol. The van der Waals surface area contributed by atoms with Crippen LogP contribution in [0.15, 0.2) is 52.9 Å². The molecule has 102 valence electrons. The van der Waals surface area contributed by atoms with Gasteiger partial charge in [0.05, 0.1) is 6.04 Å². The molecule has 1 atom stereocenters. The van der Waals surface area contributed by atoms with Crippen LogP contribution in [0.25, 0.3) is 11.0 Å². The molecule has 2 aromatic carbocycles. The molecular formula is C17H16FNO. The van der Waals surface area contributed by atoms with E-state index in [0.29, 0.717) is 5.58 Å². The molecule has 0 saturated heterocycles. The lowest BCUT2D eigenvalue weighted by Gasteiger charge is -2.14. The summed E-state index contributed by atoms with van der Waals surface area (Å²) >= 11 is 0. The maximum Gasteiger partial charge on any atom is 0.134 e. The van der Waals surface area contributed by atoms with E-state index in [0.717, 1.165) is 16.7 Å². The minimum absolute atomic E-state index is 0.0367. The molecular weight excluding hydrogens is 253 g/mol. The fraction of sp³-hybridized carbons (Fsp3) is 0.176. The molecule has 0 bridgehead atoms. The molecule has 3 aromatic rings. The molecule has 3 heteroatoms. The Morgan fingerprint density at radius 1 is 1.10 bits per heavy atom. The summed E-state index contributed by atoms with van der Waals surface area (Å²) in [6, 6.07) is 14.7. The standard InChI is InChI=1S/C17H16FNO/c1-11-4-3-5-12(8-11)17(19-2)16-10-13-9-14(18)6-7-15(13)20-16/h3-10,17,19H,1-2H3. The van der Waals surface area contributed by atoms with Gasteiger partial charge in [-0.3, -0.25) is 0 Å². The molecule has 0 spiro atoms. The third-order valence-corrected chi connectivity index (χ3v) is 3.45. The zero-order valence-corrected chi connectivity index (χ0v) is 11.5. The number of benzene rings is 2. The molecule has 3 rings (SSSR count). The van der Waals surface area contributed by atoms with Crippen molar-refractivity contribution < 1.29 is 8.81 Å². The first kappa shape index (κ1) is 12.9. The molecule has 1 heterocycles. The molecule has 1 unspecified atom stereocenters. The summed E-state index contributed by atoms with van der Waals surface area (Å²) in [6.07, 6.45) is 0. The molecule has 0 aliphatic carbocycles. The van der Waals surface area contributed by atoms with Crippen LogP contribution in [0, 0.1) is 12.7 Å². The zero-order valence-electron chi connectivity index (χ0n) is 11.5. The normalized spacial score (nSPS) is 12.8. The van der Waals surface area contributed by atoms with Gasteiger partial charge in [-0.15, -0.1) is 0 Å². The Balaban J connectivity index is 2.07. The second-order valence-corrected chi connectivity index (χ2v) is 4.97. The van der Waals surface area contributed by atoms with Crippen LogP contribution in [-0.2, 0) is 0 Å². The molecule has 0 aliphatic heterocycles. The number of hydrogen-bond donors (Lipinski definition) is 1. The van der Waals surface area contributed by atoms with Crippen molar-refractivity contribution in [3.63, 3.8) is 0 Å². The molecule has 20 heavy (non-hydrogen) atoms. The summed E-state index contributed by atoms with van der Waals surface area (Å²) in [5, 5.41) is 4.04. The minimum atomic E-state index is -0.249. The molecule has 1 aromatic heterocycles. The molecule has 0 aliphatic rings. The summed E-state index contributed by atoms with van der Waals surface area (Å²) in [6.45, 7) is 2.06. The van der Waals surface area contributed by atoms with E-state index in [1.165, 1.54) is 17.7 Å². The van der Waals surface area contributed by atoms with Crippen molar-refractivity contribution in [2.45, 2.75) is 13.0 Å². The van der Waals surface area contributed by atoms with E-state index in [1.54, 1.807) is 6.07 Å². The summed E-state index contributed by atoms with van der Waals surface area (Å²) in [5.74, 6) is 0.542. The Morgan fingerprint density at radius 2 is 1.95 bits per heavy atom. The summed E-state index contributed by atoms with van der Waals surface area (Å²) < 4.78 is 19.1. The van der Waals surface area contributed by atoms with E-state index in [-0.39, 0.29) is 11.9 Å². The van der Waals surface area contributed by atoms with Crippen molar-refractivity contribution in [2.24, 2.45) is 0 Å². The van der Waals surface area contributed by atoms with Gasteiger partial charge in [-0.25, -0.2) is 4.39 Å². The lowest BCUT2D eigenvalue weighted by Crippen LogP contribution is -2.16. The van der Waals surface area contributed by atoms with E-state index in [1.807, 2.05) is 19.2 Å². The van der Waals surface area contributed by atoms with Gasteiger partial charge >= 0.3 is 0 Å². The van der Waals surface area contributed by atoms with Crippen LogP contribution in [0.2, 0.25) is 0 Å². The van der Waals surface area contributed by atoms with Gasteiger partial charge in [-0.2, -0.15) is 0 Å². The predicted octanol–water partition coefficient (Wildman–Crippen LogP) is 4.19. The van der Waals surface area contributed by atoms with E-state index in [2.05, 4.69) is 30.4 Å². The van der Waals surface area contributed by atoms with Crippen molar-refractivity contribution in [3.05, 3.63) is 71.2 Å². The summed E-state index contributed by atoms with van der Waals surface area (Å²) in [4.78, 5) is 0. The average Bonchev–Trinajstić information content (AvgIpc) is 2.82. The number of furan rings is 1. The van der Waals surface area contributed by atoms with Crippen molar-refractivity contribution in [1.82, 2.24) is 5.32 Å². The Hall–Kier alpha value is -2.13. The van der Waals surface area contributed by atoms with E-state index < -0.39 is 0 Å². The number of halogens is 1. The van der Waals surface area contributed by atoms with Gasteiger partial charge in [-0.1, -0.05) is 29.8 Å². The fourth-order valence-electron chi connectivity index (χ4n) is 2.50. The van der Waals surface area contributed by atoms with Crippen LogP contribution in [-0.4, -0.2) is 7.05 Å². The number of aryl methyl sites for hydroxylation is 1. The second-order valence-electron chi connectivity index (χ2n) is 4.97. The number of fused-ring (bicyclic) bond motifs is 1. The molecule has 0 amide bonds. The molecule has 0 radical (unpaired) electrons. The van der Waals surface area contributed by atoms with Crippen LogP contribution in [0.3, 0.4) is 0 Å². The third-order valence-electron chi connectivity index (χ3n) is 3.45. The van der Waals surface area contributed by atoms with Gasteiger partial charge in [0, 0.05) is 5.39 Å². The van der Waals surface area contributed by atoms with Gasteiger partial charge in [0.1, 0.15) is 17.2 Å². The SMILES string of the molecule is CNC(c1cccc(C)c1)c1cc2cc(F)ccc2o1. The van der Waals surface area contributed by atoms with Crippen LogP contribution in [0.4, 0.5) is 4.39 Å². The lowest BCUT2D eigenvalue weighted by atomic mass is 10.0. The maximum atomic E-state index is 13.2. The first-order chi connectivity index (χ1) is 9.67. The maximum absolute atomic E-state index is 13.2. The van der Waals surface area contributed by atoms with Gasteiger partial charge in [0.25, 0.3) is 0 Å². The van der Waals surface area contributed by atoms with Gasteiger partial charge in [0.2, 0.25) is 0 Å². The van der Waals surface area contributed by atoms with Gasteiger partial charge in [0.15, 0.2) is 0 Å². The van der Waals surface area contributed by atoms with Crippen molar-refractivity contribution >= 4 is 11.0 Å². The Morgan fingerprint density at radius 3 is 2.70 bits per heavy atom. The van der Waals surface area contributed by atoms with Crippen LogP contribution in [0.5, 0.6) is 0 Å². The smallest absolute Gasteiger partial charge is 0.134 e. The van der Waals surface area contributed by atoms with Crippen molar-refractivity contribution in [3.8, 4) is 0 Å². The highest BCUT2D eigenvalue weighted by molar-refractivity contribution is 5.78. The van der Waals surface area contributed by atoms with E-state index in [4.69, 9.17) is 4.42 Å². The first-order valence-electron chi connectivity index (χ1n) is 6.60. The summed E-state index contributed by atoms with van der Waals surface area (Å²) in [5.41, 5.74) is 3.03. The van der Waals surface area contributed by atoms with Crippen LogP contribution < -0.4 is 5.32 Å². The van der Waals surface area contributed by atoms with E-state index >= 15 is 0 Å². The highest BCUT2D eigenvalue weighted by atomic mass is 19.1. The fourth-order valence-corrected chi connectivity index (χ4v) is 2.50. The number of hydrogen-bond acceptors (Lipinski definition) is 2. The monoisotopic (exact) mass is 269 g/mol. The van der Waals surface area contributed by atoms with E-state index in [9.17, 15) is 4.39 Å². The first-order valence-corrected chi connectivity index (χ1v) is 6.60. The van der Waals surface area contributed by atoms with Crippen molar-refractivity contribution in [2.75, 3.05) is 7.05 Å². The van der Waals surface area contributed by atoms with Crippen LogP contribution in [0.1, 0.15) is 22.9 Å². The lowest BCUT2D eigenvalue weighted by molar-refractivity contribution is 0.491. The number of nitrogens with one attached hydrogen (secondary N) is 1. The topological polar surface area (TPSA) is 25.2 Å². The van der Waals surface area contributed by atoms with Gasteiger partial charge < -0.3 is 9.73 Å². The minimum Gasteiger partial charge on any atom is -0.459 e. The third kappa shape index (κ3) is 2.32. The van der Waals surface area contributed by atoms with Crippen molar-refractivity contribution in [1.29, 1.82) is 0 Å². The summed E-state index contributed by atoms with van der Waals surface area (Å²) in [7, 11) is 1.89. The molecule has 1 N–H and O–H groups in total. The average molecular weight is 269 g/mol. The highest BCUT2D eigenvalue weighted by Gasteiger charge is 2.17.